The second-order valence-corrected chi connectivity index (χ2v) is 9.85. The lowest BCUT2D eigenvalue weighted by atomic mass is 9.87. The van der Waals surface area contributed by atoms with Crippen molar-refractivity contribution in [1.82, 2.24) is 9.21 Å². The van der Waals surface area contributed by atoms with Crippen molar-refractivity contribution >= 4 is 15.9 Å². The van der Waals surface area contributed by atoms with Gasteiger partial charge in [0, 0.05) is 32.1 Å². The third-order valence-corrected chi connectivity index (χ3v) is 8.29. The molecule has 27 heavy (non-hydrogen) atoms. The van der Waals surface area contributed by atoms with E-state index in [1.807, 2.05) is 11.8 Å². The number of ether oxygens (including phenoxy) is 1. The number of amides is 1. The largest absolute Gasteiger partial charge is 0.494 e. The number of hydrogen-bond acceptors (Lipinski definition) is 4. The second-order valence-electron chi connectivity index (χ2n) is 7.92. The van der Waals surface area contributed by atoms with Crippen molar-refractivity contribution in [2.75, 3.05) is 32.8 Å². The van der Waals surface area contributed by atoms with Crippen LogP contribution < -0.4 is 4.74 Å². The third kappa shape index (κ3) is 3.59. The Hall–Kier alpha value is -1.60. The van der Waals surface area contributed by atoms with Gasteiger partial charge in [0.25, 0.3) is 0 Å². The first kappa shape index (κ1) is 18.7. The van der Waals surface area contributed by atoms with Crippen LogP contribution in [0, 0.1) is 17.8 Å². The molecule has 2 aliphatic carbocycles. The molecule has 1 aromatic rings. The van der Waals surface area contributed by atoms with Gasteiger partial charge in [-0.05, 0) is 62.3 Å². The van der Waals surface area contributed by atoms with Gasteiger partial charge in [-0.25, -0.2) is 8.42 Å². The van der Waals surface area contributed by atoms with E-state index in [9.17, 15) is 13.2 Å². The Morgan fingerprint density at radius 1 is 1.07 bits per heavy atom. The van der Waals surface area contributed by atoms with Crippen LogP contribution in [0.25, 0.3) is 0 Å². The minimum Gasteiger partial charge on any atom is -0.494 e. The summed E-state index contributed by atoms with van der Waals surface area (Å²) in [7, 11) is -3.53. The molecule has 1 amide bonds. The number of carbonyl (C=O) groups is 1. The molecule has 7 heteroatoms. The molecule has 0 radical (unpaired) electrons. The van der Waals surface area contributed by atoms with Crippen LogP contribution in [0.1, 0.15) is 32.6 Å². The highest BCUT2D eigenvalue weighted by atomic mass is 32.2. The van der Waals surface area contributed by atoms with Crippen molar-refractivity contribution in [3.05, 3.63) is 24.3 Å². The maximum Gasteiger partial charge on any atom is 0.243 e. The fourth-order valence-corrected chi connectivity index (χ4v) is 6.38. The average Bonchev–Trinajstić information content (AvgIpc) is 3.32. The highest BCUT2D eigenvalue weighted by Crippen LogP contribution is 2.48. The van der Waals surface area contributed by atoms with E-state index in [0.29, 0.717) is 44.5 Å². The van der Waals surface area contributed by atoms with E-state index in [-0.39, 0.29) is 16.7 Å². The molecule has 0 N–H and O–H groups in total. The first-order valence-electron chi connectivity index (χ1n) is 10.0. The smallest absolute Gasteiger partial charge is 0.243 e. The molecular weight excluding hydrogens is 364 g/mol. The SMILES string of the molecule is CCOc1ccc(S(=O)(=O)N2CCN(C(=O)C3CC4CCC3C4)CC2)cc1. The Morgan fingerprint density at radius 3 is 2.33 bits per heavy atom. The van der Waals surface area contributed by atoms with Crippen LogP contribution in [-0.4, -0.2) is 56.3 Å². The zero-order valence-corrected chi connectivity index (χ0v) is 16.7. The van der Waals surface area contributed by atoms with E-state index in [0.717, 1.165) is 12.3 Å². The predicted molar refractivity (Wildman–Crippen MR) is 102 cm³/mol. The summed E-state index contributed by atoms with van der Waals surface area (Å²) in [4.78, 5) is 15.0. The van der Waals surface area contributed by atoms with Crippen LogP contribution in [0.3, 0.4) is 0 Å². The lowest BCUT2D eigenvalue weighted by Gasteiger charge is -2.36. The zero-order chi connectivity index (χ0) is 19.0. The molecule has 3 unspecified atom stereocenters. The van der Waals surface area contributed by atoms with Gasteiger partial charge in [-0.15, -0.1) is 0 Å². The zero-order valence-electron chi connectivity index (χ0n) is 15.8. The van der Waals surface area contributed by atoms with Crippen molar-refractivity contribution < 1.29 is 17.9 Å². The Morgan fingerprint density at radius 2 is 1.78 bits per heavy atom. The minimum atomic E-state index is -3.53. The van der Waals surface area contributed by atoms with Gasteiger partial charge < -0.3 is 9.64 Å². The standard InChI is InChI=1S/C20H28N2O4S/c1-2-26-17-5-7-18(8-6-17)27(24,25)22-11-9-21(10-12-22)20(23)19-14-15-3-4-16(19)13-15/h5-8,15-16,19H,2-4,9-14H2,1H3. The van der Waals surface area contributed by atoms with Crippen molar-refractivity contribution in [3.8, 4) is 5.75 Å². The normalized spacial score (nSPS) is 28.5. The number of benzene rings is 1. The summed E-state index contributed by atoms with van der Waals surface area (Å²) in [5.74, 6) is 2.40. The fourth-order valence-electron chi connectivity index (χ4n) is 4.95. The lowest BCUT2D eigenvalue weighted by molar-refractivity contribution is -0.138. The van der Waals surface area contributed by atoms with Crippen molar-refractivity contribution in [1.29, 1.82) is 0 Å². The number of piperazine rings is 1. The summed E-state index contributed by atoms with van der Waals surface area (Å²) in [5, 5.41) is 0. The quantitative estimate of drug-likeness (QED) is 0.772. The molecule has 3 atom stereocenters. The lowest BCUT2D eigenvalue weighted by Crippen LogP contribution is -2.52. The Bertz CT molecular complexity index is 785. The molecule has 148 valence electrons. The molecule has 3 fully saturated rings. The molecule has 2 saturated carbocycles. The molecular formula is C20H28N2O4S. The van der Waals surface area contributed by atoms with E-state index in [1.54, 1.807) is 24.3 Å². The summed E-state index contributed by atoms with van der Waals surface area (Å²) in [6.45, 7) is 4.14. The number of sulfonamides is 1. The van der Waals surface area contributed by atoms with Crippen molar-refractivity contribution in [3.63, 3.8) is 0 Å². The van der Waals surface area contributed by atoms with Crippen LogP contribution in [0.2, 0.25) is 0 Å². The van der Waals surface area contributed by atoms with Crippen molar-refractivity contribution in [2.45, 2.75) is 37.5 Å². The molecule has 2 bridgehead atoms. The van der Waals surface area contributed by atoms with Gasteiger partial charge in [-0.1, -0.05) is 6.42 Å². The van der Waals surface area contributed by atoms with Crippen molar-refractivity contribution in [2.24, 2.45) is 17.8 Å². The maximum atomic E-state index is 12.9. The van der Waals surface area contributed by atoms with Gasteiger partial charge in [-0.2, -0.15) is 4.31 Å². The van der Waals surface area contributed by atoms with Gasteiger partial charge in [0.1, 0.15) is 5.75 Å². The van der Waals surface area contributed by atoms with E-state index < -0.39 is 10.0 Å². The average molecular weight is 393 g/mol. The Kier molecular flexibility index (Phi) is 5.16. The summed E-state index contributed by atoms with van der Waals surface area (Å²) in [6.07, 6.45) is 4.71. The number of fused-ring (bicyclic) bond motifs is 2. The summed E-state index contributed by atoms with van der Waals surface area (Å²) < 4.78 is 32.6. The first-order chi connectivity index (χ1) is 13.0. The van der Waals surface area contributed by atoms with Crippen LogP contribution in [0.5, 0.6) is 5.75 Å². The van der Waals surface area contributed by atoms with Gasteiger partial charge in [0.05, 0.1) is 11.5 Å². The van der Waals surface area contributed by atoms with Gasteiger partial charge >= 0.3 is 0 Å². The summed E-state index contributed by atoms with van der Waals surface area (Å²) >= 11 is 0. The van der Waals surface area contributed by atoms with E-state index >= 15 is 0 Å². The molecule has 1 aromatic carbocycles. The van der Waals surface area contributed by atoms with E-state index in [2.05, 4.69) is 0 Å². The summed E-state index contributed by atoms with van der Waals surface area (Å²) in [5.41, 5.74) is 0. The molecule has 6 nitrogen and oxygen atoms in total. The molecule has 0 aromatic heterocycles. The predicted octanol–water partition coefficient (Wildman–Crippen LogP) is 2.35. The highest BCUT2D eigenvalue weighted by molar-refractivity contribution is 7.89. The third-order valence-electron chi connectivity index (χ3n) is 6.38. The Labute approximate surface area is 161 Å². The maximum absolute atomic E-state index is 12.9. The molecule has 0 spiro atoms. The monoisotopic (exact) mass is 392 g/mol. The van der Waals surface area contributed by atoms with Gasteiger partial charge in [-0.3, -0.25) is 4.79 Å². The number of carbonyl (C=O) groups excluding carboxylic acids is 1. The van der Waals surface area contributed by atoms with Crippen LogP contribution in [0.15, 0.2) is 29.2 Å². The highest BCUT2D eigenvalue weighted by Gasteiger charge is 2.45. The molecule has 4 rings (SSSR count). The van der Waals surface area contributed by atoms with Gasteiger partial charge in [0.2, 0.25) is 15.9 Å². The molecule has 1 aliphatic heterocycles. The number of rotatable bonds is 5. The Balaban J connectivity index is 1.37. The topological polar surface area (TPSA) is 66.9 Å². The van der Waals surface area contributed by atoms with Crippen LogP contribution in [-0.2, 0) is 14.8 Å². The first-order valence-corrected chi connectivity index (χ1v) is 11.4. The van der Waals surface area contributed by atoms with E-state index in [4.69, 9.17) is 4.74 Å². The summed E-state index contributed by atoms with van der Waals surface area (Å²) in [6, 6.07) is 6.55. The van der Waals surface area contributed by atoms with Crippen LogP contribution >= 0.6 is 0 Å². The second kappa shape index (κ2) is 7.43. The fraction of sp³-hybridized carbons (Fsp3) is 0.650. The molecule has 1 saturated heterocycles. The number of hydrogen-bond donors (Lipinski definition) is 0. The number of nitrogens with zero attached hydrogens (tertiary/aromatic N) is 2. The minimum absolute atomic E-state index is 0.179. The van der Waals surface area contributed by atoms with E-state index in [1.165, 1.54) is 23.6 Å². The molecule has 3 aliphatic rings. The van der Waals surface area contributed by atoms with Gasteiger partial charge in [0.15, 0.2) is 0 Å². The van der Waals surface area contributed by atoms with Crippen LogP contribution in [0.4, 0.5) is 0 Å². The molecule has 1 heterocycles.